The van der Waals surface area contributed by atoms with Gasteiger partial charge in [0.15, 0.2) is 5.82 Å². The van der Waals surface area contributed by atoms with Crippen LogP contribution in [0.5, 0.6) is 5.75 Å². The maximum absolute atomic E-state index is 15.5. The van der Waals surface area contributed by atoms with Gasteiger partial charge >= 0.3 is 6.55 Å². The first-order valence-electron chi connectivity index (χ1n) is 14.4. The Bertz CT molecular complexity index is 1700. The number of aliphatic hydroxyl groups is 1. The number of aliphatic hydroxyl groups excluding tert-OH is 1. The van der Waals surface area contributed by atoms with E-state index in [9.17, 15) is 23.1 Å². The predicted molar refractivity (Wildman–Crippen MR) is 157 cm³/mol. The van der Waals surface area contributed by atoms with Crippen LogP contribution in [0, 0.1) is 5.82 Å². The molecule has 45 heavy (non-hydrogen) atoms. The van der Waals surface area contributed by atoms with Crippen molar-refractivity contribution < 1.29 is 32.2 Å². The summed E-state index contributed by atoms with van der Waals surface area (Å²) in [5, 5.41) is 17.1. The van der Waals surface area contributed by atoms with Crippen molar-refractivity contribution in [2.24, 2.45) is 0 Å². The van der Waals surface area contributed by atoms with Crippen molar-refractivity contribution in [3.05, 3.63) is 60.4 Å². The fourth-order valence-corrected chi connectivity index (χ4v) is 5.60. The number of aromatic nitrogens is 5. The van der Waals surface area contributed by atoms with Crippen LogP contribution in [0.2, 0.25) is 0 Å². The number of β-amino-alcohol motifs (C(OH)–C–C–N with tert-alkyl or cyclic N) is 1. The van der Waals surface area contributed by atoms with Crippen molar-refractivity contribution in [2.45, 2.75) is 38.1 Å². The molecule has 2 atom stereocenters. The molecule has 2 saturated heterocycles. The van der Waals surface area contributed by atoms with E-state index in [0.717, 1.165) is 12.5 Å². The fourth-order valence-electron chi connectivity index (χ4n) is 5.60. The van der Waals surface area contributed by atoms with Crippen LogP contribution in [-0.4, -0.2) is 86.2 Å². The molecule has 0 bridgehead atoms. The normalized spacial score (nSPS) is 18.5. The summed E-state index contributed by atoms with van der Waals surface area (Å²) in [5.41, 5.74) is 1.61. The van der Waals surface area contributed by atoms with Crippen molar-refractivity contribution in [1.82, 2.24) is 29.6 Å². The van der Waals surface area contributed by atoms with E-state index in [1.165, 1.54) is 42.9 Å². The van der Waals surface area contributed by atoms with E-state index in [0.29, 0.717) is 46.8 Å². The molecule has 3 aromatic heterocycles. The summed E-state index contributed by atoms with van der Waals surface area (Å²) in [6.07, 6.45) is 5.48. The van der Waals surface area contributed by atoms with Crippen molar-refractivity contribution in [2.75, 3.05) is 43.5 Å². The molecule has 11 nitrogen and oxygen atoms in total. The van der Waals surface area contributed by atoms with Gasteiger partial charge in [-0.25, -0.2) is 28.4 Å². The molecule has 5 heterocycles. The number of anilines is 3. The fraction of sp³-hybridized carbons (Fsp3) is 0.367. The van der Waals surface area contributed by atoms with Crippen LogP contribution in [0.1, 0.15) is 36.2 Å². The third-order valence-electron chi connectivity index (χ3n) is 7.81. The molecule has 0 saturated carbocycles. The highest BCUT2D eigenvalue weighted by Crippen LogP contribution is 2.36. The molecule has 2 aliphatic heterocycles. The summed E-state index contributed by atoms with van der Waals surface area (Å²) in [6.45, 7) is -1.61. The first-order chi connectivity index (χ1) is 21.7. The Kier molecular flexibility index (Phi) is 8.52. The highest BCUT2D eigenvalue weighted by atomic mass is 19.3. The Hall–Kier alpha value is -4.79. The largest absolute Gasteiger partial charge is 0.496 e. The molecule has 0 radical (unpaired) electrons. The number of carbonyl (C=O) groups is 1. The molecule has 2 fully saturated rings. The minimum atomic E-state index is -2.80. The summed E-state index contributed by atoms with van der Waals surface area (Å²) >= 11 is 0. The minimum absolute atomic E-state index is 0.0197. The van der Waals surface area contributed by atoms with Crippen LogP contribution in [0.4, 0.5) is 34.9 Å². The van der Waals surface area contributed by atoms with Gasteiger partial charge in [0.1, 0.15) is 29.4 Å². The number of halogens is 4. The number of carbonyl (C=O) groups excluding carboxylic acids is 1. The van der Waals surface area contributed by atoms with Gasteiger partial charge in [0.25, 0.3) is 5.91 Å². The van der Waals surface area contributed by atoms with Crippen LogP contribution in [0.15, 0.2) is 49.1 Å². The molecule has 0 unspecified atom stereocenters. The molecule has 1 aromatic carbocycles. The molecular formula is C30H30F4N8O3. The molecule has 15 heteroatoms. The van der Waals surface area contributed by atoms with Gasteiger partial charge in [-0.3, -0.25) is 4.79 Å². The Morgan fingerprint density at radius 1 is 1.11 bits per heavy atom. The zero-order chi connectivity index (χ0) is 31.7. The van der Waals surface area contributed by atoms with E-state index in [1.807, 2.05) is 4.90 Å². The molecule has 6 rings (SSSR count). The zero-order valence-corrected chi connectivity index (χ0v) is 24.2. The third kappa shape index (κ3) is 6.38. The first-order valence-corrected chi connectivity index (χ1v) is 14.4. The standard InChI is InChI=1S/C30H30F4N8O3/c1-45-24-10-17(29(44)41-8-5-19(31)15-41)9-22(32)27(24)28-35-6-4-25(39-28)38-26-11-23(40-7-2-3-20(43)16-40)21(13-36-26)18-12-37-42(14-18)30(33)34/h4,6,9-14,19-20,30,43H,2-3,5,7-8,15-16H2,1H3,(H,35,36,38,39)/t19-,20-/m0/s1. The van der Waals surface area contributed by atoms with E-state index in [1.54, 1.807) is 12.1 Å². The molecular weight excluding hydrogens is 596 g/mol. The molecule has 2 aliphatic rings. The number of hydrogen-bond acceptors (Lipinski definition) is 9. The number of alkyl halides is 3. The van der Waals surface area contributed by atoms with Crippen LogP contribution in [0.25, 0.3) is 22.5 Å². The third-order valence-corrected chi connectivity index (χ3v) is 7.81. The van der Waals surface area contributed by atoms with E-state index in [-0.39, 0.29) is 48.0 Å². The van der Waals surface area contributed by atoms with Gasteiger partial charge in [-0.05, 0) is 37.5 Å². The SMILES string of the molecule is COc1cc(C(=O)N2CC[C@H](F)C2)cc(F)c1-c1nccc(Nc2cc(N3CCC[C@H](O)C3)c(-c3cnn(C(F)F)c3)cn2)n1. The van der Waals surface area contributed by atoms with E-state index in [2.05, 4.69) is 25.4 Å². The smallest absolute Gasteiger partial charge is 0.333 e. The Labute approximate surface area is 255 Å². The second kappa shape index (κ2) is 12.7. The van der Waals surface area contributed by atoms with Gasteiger partial charge in [0.05, 0.1) is 37.2 Å². The van der Waals surface area contributed by atoms with Gasteiger partial charge in [0, 0.05) is 61.0 Å². The Morgan fingerprint density at radius 3 is 2.67 bits per heavy atom. The summed E-state index contributed by atoms with van der Waals surface area (Å²) in [6, 6.07) is 5.71. The van der Waals surface area contributed by atoms with E-state index < -0.39 is 30.5 Å². The van der Waals surface area contributed by atoms with Crippen molar-refractivity contribution in [1.29, 1.82) is 0 Å². The lowest BCUT2D eigenvalue weighted by Gasteiger charge is -2.33. The Balaban J connectivity index is 1.30. The summed E-state index contributed by atoms with van der Waals surface area (Å²) in [7, 11) is 1.33. The van der Waals surface area contributed by atoms with Gasteiger partial charge in [-0.15, -0.1) is 0 Å². The highest BCUT2D eigenvalue weighted by molar-refractivity contribution is 5.96. The lowest BCUT2D eigenvalue weighted by atomic mass is 10.0. The van der Waals surface area contributed by atoms with Gasteiger partial charge < -0.3 is 25.0 Å². The average molecular weight is 627 g/mol. The number of hydrogen-bond donors (Lipinski definition) is 2. The number of benzene rings is 1. The molecule has 4 aromatic rings. The lowest BCUT2D eigenvalue weighted by Crippen LogP contribution is -2.38. The van der Waals surface area contributed by atoms with Crippen molar-refractivity contribution in [3.63, 3.8) is 0 Å². The minimum Gasteiger partial charge on any atom is -0.496 e. The number of pyridine rings is 1. The molecule has 0 spiro atoms. The maximum Gasteiger partial charge on any atom is 0.333 e. The summed E-state index contributed by atoms with van der Waals surface area (Å²) in [4.78, 5) is 29.3. The average Bonchev–Trinajstić information content (AvgIpc) is 3.70. The number of nitrogens with zero attached hydrogens (tertiary/aromatic N) is 7. The van der Waals surface area contributed by atoms with E-state index >= 15 is 4.39 Å². The number of amides is 1. The number of likely N-dealkylation sites (tertiary alicyclic amines) is 1. The van der Waals surface area contributed by atoms with E-state index in [4.69, 9.17) is 4.74 Å². The van der Waals surface area contributed by atoms with Crippen LogP contribution >= 0.6 is 0 Å². The monoisotopic (exact) mass is 626 g/mol. The quantitative estimate of drug-likeness (QED) is 0.265. The molecule has 2 N–H and O–H groups in total. The molecule has 236 valence electrons. The zero-order valence-electron chi connectivity index (χ0n) is 24.2. The van der Waals surface area contributed by atoms with Crippen molar-refractivity contribution in [3.8, 4) is 28.3 Å². The second-order valence-electron chi connectivity index (χ2n) is 10.9. The van der Waals surface area contributed by atoms with Crippen molar-refractivity contribution >= 4 is 23.2 Å². The lowest BCUT2D eigenvalue weighted by molar-refractivity contribution is 0.0566. The van der Waals surface area contributed by atoms with Gasteiger partial charge in [-0.2, -0.15) is 13.9 Å². The maximum atomic E-state index is 15.5. The number of rotatable bonds is 8. The number of piperidine rings is 1. The number of nitrogens with one attached hydrogen (secondary N) is 1. The number of ether oxygens (including phenoxy) is 1. The Morgan fingerprint density at radius 2 is 1.96 bits per heavy atom. The molecule has 0 aliphatic carbocycles. The first kappa shape index (κ1) is 30.2. The molecule has 1 amide bonds. The second-order valence-corrected chi connectivity index (χ2v) is 10.9. The summed E-state index contributed by atoms with van der Waals surface area (Å²) in [5.74, 6) is -0.655. The van der Waals surface area contributed by atoms with Crippen LogP contribution in [0.3, 0.4) is 0 Å². The summed E-state index contributed by atoms with van der Waals surface area (Å²) < 4.78 is 61.6. The van der Waals surface area contributed by atoms with Gasteiger partial charge in [-0.1, -0.05) is 0 Å². The van der Waals surface area contributed by atoms with Crippen LogP contribution < -0.4 is 15.0 Å². The predicted octanol–water partition coefficient (Wildman–Crippen LogP) is 4.83. The topological polar surface area (TPSA) is 122 Å². The van der Waals surface area contributed by atoms with Crippen LogP contribution in [-0.2, 0) is 0 Å². The number of methoxy groups -OCH3 is 1. The van der Waals surface area contributed by atoms with Gasteiger partial charge in [0.2, 0.25) is 0 Å². The highest BCUT2D eigenvalue weighted by Gasteiger charge is 2.29.